The number of aromatic nitrogens is 2. The molecular formula is C22H30N7O2+. The van der Waals surface area contributed by atoms with Gasteiger partial charge < -0.3 is 25.4 Å². The minimum atomic E-state index is -0.117. The summed E-state index contributed by atoms with van der Waals surface area (Å²) < 4.78 is 8.36. The minimum Gasteiger partial charge on any atom is -0.489 e. The Morgan fingerprint density at radius 1 is 1.32 bits per heavy atom. The highest BCUT2D eigenvalue weighted by Gasteiger charge is 2.26. The number of rotatable bonds is 8. The highest BCUT2D eigenvalue weighted by atomic mass is 16.5. The van der Waals surface area contributed by atoms with Crippen molar-refractivity contribution in [1.29, 1.82) is 5.41 Å². The fourth-order valence-electron chi connectivity index (χ4n) is 4.06. The number of anilines is 1. The lowest BCUT2D eigenvalue weighted by Gasteiger charge is -2.29. The van der Waals surface area contributed by atoms with Gasteiger partial charge in [-0.05, 0) is 18.2 Å². The molecular weight excluding hydrogens is 394 g/mol. The molecule has 0 amide bonds. The van der Waals surface area contributed by atoms with Gasteiger partial charge in [0.2, 0.25) is 0 Å². The zero-order valence-electron chi connectivity index (χ0n) is 17.8. The van der Waals surface area contributed by atoms with Gasteiger partial charge in [-0.2, -0.15) is 0 Å². The van der Waals surface area contributed by atoms with Crippen molar-refractivity contribution in [1.82, 2.24) is 9.61 Å². The van der Waals surface area contributed by atoms with E-state index in [0.717, 1.165) is 23.1 Å². The molecule has 2 aromatic heterocycles. The number of aliphatic imine (C=N–C) groups is 1. The van der Waals surface area contributed by atoms with Crippen molar-refractivity contribution in [3.05, 3.63) is 48.0 Å². The fourth-order valence-corrected chi connectivity index (χ4v) is 4.06. The van der Waals surface area contributed by atoms with Crippen molar-refractivity contribution in [3.63, 3.8) is 0 Å². The Morgan fingerprint density at radius 3 is 2.90 bits per heavy atom. The van der Waals surface area contributed by atoms with Gasteiger partial charge in [-0.1, -0.05) is 6.07 Å². The number of nitrogens with two attached hydrogens (primary N) is 1. The zero-order chi connectivity index (χ0) is 21.8. The summed E-state index contributed by atoms with van der Waals surface area (Å²) in [6.07, 6.45) is 7.61. The predicted molar refractivity (Wildman–Crippen MR) is 122 cm³/mol. The largest absolute Gasteiger partial charge is 0.489 e. The first-order valence-electron chi connectivity index (χ1n) is 10.6. The molecule has 4 rings (SSSR count). The zero-order valence-corrected chi connectivity index (χ0v) is 17.8. The molecule has 1 aliphatic heterocycles. The van der Waals surface area contributed by atoms with E-state index in [9.17, 15) is 0 Å². The number of aliphatic hydroxyl groups is 1. The van der Waals surface area contributed by atoms with E-state index in [4.69, 9.17) is 26.0 Å². The molecule has 1 aliphatic carbocycles. The second-order valence-corrected chi connectivity index (χ2v) is 8.24. The third-order valence-electron chi connectivity index (χ3n) is 5.81. The van der Waals surface area contributed by atoms with Crippen molar-refractivity contribution in [2.45, 2.75) is 12.8 Å². The van der Waals surface area contributed by atoms with Crippen LogP contribution >= 0.6 is 0 Å². The van der Waals surface area contributed by atoms with E-state index < -0.39 is 0 Å². The average molecular weight is 425 g/mol. The van der Waals surface area contributed by atoms with Crippen molar-refractivity contribution < 1.29 is 14.3 Å². The van der Waals surface area contributed by atoms with Crippen LogP contribution in [0.25, 0.3) is 5.52 Å². The lowest BCUT2D eigenvalue weighted by molar-refractivity contribution is -0.895. The second kappa shape index (κ2) is 8.91. The van der Waals surface area contributed by atoms with Gasteiger partial charge in [0, 0.05) is 25.1 Å². The summed E-state index contributed by atoms with van der Waals surface area (Å²) >= 11 is 0. The second-order valence-electron chi connectivity index (χ2n) is 8.24. The molecule has 0 saturated carbocycles. The van der Waals surface area contributed by atoms with Gasteiger partial charge >= 0.3 is 0 Å². The Labute approximate surface area is 181 Å². The highest BCUT2D eigenvalue weighted by molar-refractivity contribution is 6.50. The van der Waals surface area contributed by atoms with E-state index >= 15 is 0 Å². The van der Waals surface area contributed by atoms with Crippen LogP contribution in [0.3, 0.4) is 0 Å². The van der Waals surface area contributed by atoms with Gasteiger partial charge in [0.05, 0.1) is 62.5 Å². The van der Waals surface area contributed by atoms with E-state index in [1.807, 2.05) is 24.4 Å². The monoisotopic (exact) mass is 424 g/mol. The van der Waals surface area contributed by atoms with Gasteiger partial charge in [0.1, 0.15) is 18.1 Å². The third kappa shape index (κ3) is 4.62. The number of hydrogen-bond donors (Lipinski definition) is 4. The number of allylic oxidation sites excluding steroid dienone is 2. The first-order valence-corrected chi connectivity index (χ1v) is 10.6. The van der Waals surface area contributed by atoms with Crippen molar-refractivity contribution >= 4 is 28.4 Å². The molecule has 5 N–H and O–H groups in total. The van der Waals surface area contributed by atoms with Crippen LogP contribution in [0, 0.1) is 5.41 Å². The maximum atomic E-state index is 9.04. The third-order valence-corrected chi connectivity index (χ3v) is 5.81. The van der Waals surface area contributed by atoms with E-state index in [1.165, 1.54) is 32.0 Å². The van der Waals surface area contributed by atoms with Crippen LogP contribution in [0.2, 0.25) is 0 Å². The SMILES string of the molecule is C[N+]1(CCNc2nn3ccccc3c2N=C2C=C(OCCO)C(N)=CC2=N)CCCC1. The molecule has 2 aliphatic rings. The number of aliphatic hydroxyl groups excluding tert-OH is 1. The van der Waals surface area contributed by atoms with Gasteiger partial charge in [0.15, 0.2) is 5.82 Å². The van der Waals surface area contributed by atoms with Crippen molar-refractivity contribution in [3.8, 4) is 0 Å². The lowest BCUT2D eigenvalue weighted by atomic mass is 10.1. The number of nitrogens with zero attached hydrogens (tertiary/aromatic N) is 4. The molecule has 2 aromatic rings. The van der Waals surface area contributed by atoms with Crippen LogP contribution in [0.5, 0.6) is 0 Å². The maximum Gasteiger partial charge on any atom is 0.175 e. The number of hydrogen-bond acceptors (Lipinski definition) is 7. The Bertz CT molecular complexity index is 1060. The Kier molecular flexibility index (Phi) is 6.06. The summed E-state index contributed by atoms with van der Waals surface area (Å²) in [7, 11) is 2.30. The maximum absolute atomic E-state index is 9.04. The fraction of sp³-hybridized carbons (Fsp3) is 0.409. The molecule has 0 spiro atoms. The topological polar surface area (TPSA) is 121 Å². The van der Waals surface area contributed by atoms with Gasteiger partial charge in [-0.15, -0.1) is 5.10 Å². The van der Waals surface area contributed by atoms with Crippen LogP contribution in [-0.4, -0.2) is 77.1 Å². The molecule has 9 heteroatoms. The Morgan fingerprint density at radius 2 is 2.13 bits per heavy atom. The number of nitrogens with one attached hydrogen (secondary N) is 2. The van der Waals surface area contributed by atoms with Gasteiger partial charge in [-0.25, -0.2) is 9.51 Å². The lowest BCUT2D eigenvalue weighted by Crippen LogP contribution is -2.44. The van der Waals surface area contributed by atoms with Crippen LogP contribution in [0.1, 0.15) is 12.8 Å². The minimum absolute atomic E-state index is 0.117. The van der Waals surface area contributed by atoms with Crippen LogP contribution in [-0.2, 0) is 4.74 Å². The summed E-state index contributed by atoms with van der Waals surface area (Å²) in [6.45, 7) is 4.26. The van der Waals surface area contributed by atoms with E-state index in [0.29, 0.717) is 28.7 Å². The summed E-state index contributed by atoms with van der Waals surface area (Å²) in [4.78, 5) is 4.77. The van der Waals surface area contributed by atoms with E-state index in [1.54, 1.807) is 10.6 Å². The molecule has 31 heavy (non-hydrogen) atoms. The standard InChI is InChI=1S/C22H30N7O2/c1-29(9-4-5-10-29)11-7-25-22-21(19-6-2-3-8-28(19)27-22)26-18-15-20(31-13-12-30)17(24)14-16(18)23/h2-3,6,8,14-15,23,30H,4-5,7,9-13,24H2,1H3,(H,25,27)/q+1. The molecule has 0 bridgehead atoms. The predicted octanol–water partition coefficient (Wildman–Crippen LogP) is 1.83. The highest BCUT2D eigenvalue weighted by Crippen LogP contribution is 2.31. The number of likely N-dealkylation sites (tertiary alicyclic amines) is 1. The van der Waals surface area contributed by atoms with Crippen LogP contribution in [0.4, 0.5) is 11.5 Å². The first-order chi connectivity index (χ1) is 15.0. The Hall–Kier alpha value is -3.17. The summed E-state index contributed by atoms with van der Waals surface area (Å²) in [6, 6.07) is 5.82. The van der Waals surface area contributed by atoms with E-state index in [-0.39, 0.29) is 18.9 Å². The molecule has 164 valence electrons. The van der Waals surface area contributed by atoms with Crippen LogP contribution in [0.15, 0.2) is 53.0 Å². The summed E-state index contributed by atoms with van der Waals surface area (Å²) in [5.74, 6) is 1.09. The average Bonchev–Trinajstić information content (AvgIpc) is 3.33. The smallest absolute Gasteiger partial charge is 0.175 e. The molecule has 0 unspecified atom stereocenters. The Balaban J connectivity index is 1.63. The molecule has 1 saturated heterocycles. The normalized spacial score (nSPS) is 19.5. The van der Waals surface area contributed by atoms with E-state index in [2.05, 4.69) is 17.5 Å². The number of fused-ring (bicyclic) bond motifs is 1. The molecule has 9 nitrogen and oxygen atoms in total. The van der Waals surface area contributed by atoms with Gasteiger partial charge in [0.25, 0.3) is 0 Å². The van der Waals surface area contributed by atoms with Crippen LogP contribution < -0.4 is 11.1 Å². The van der Waals surface area contributed by atoms with Crippen molar-refractivity contribution in [2.75, 3.05) is 51.8 Å². The van der Waals surface area contributed by atoms with Crippen molar-refractivity contribution in [2.24, 2.45) is 10.7 Å². The number of pyridine rings is 1. The molecule has 1 fully saturated rings. The molecule has 0 aromatic carbocycles. The molecule has 3 heterocycles. The quantitative estimate of drug-likeness (QED) is 0.381. The summed E-state index contributed by atoms with van der Waals surface area (Å²) in [5, 5.41) is 25.5. The number of quaternary nitrogens is 1. The molecule has 0 radical (unpaired) electrons. The number of ether oxygens (including phenoxy) is 1. The van der Waals surface area contributed by atoms with Gasteiger partial charge in [-0.3, -0.25) is 5.41 Å². The molecule has 0 atom stereocenters. The first kappa shape index (κ1) is 21.1. The summed E-state index contributed by atoms with van der Waals surface area (Å²) in [5.41, 5.74) is 8.47. The number of likely N-dealkylation sites (N-methyl/N-ethyl adjacent to an activating group) is 1.